The number of aryl methyl sites for hydroxylation is 1. The van der Waals surface area contributed by atoms with Gasteiger partial charge >= 0.3 is 5.97 Å². The molecule has 1 aliphatic rings. The van der Waals surface area contributed by atoms with Crippen molar-refractivity contribution in [2.45, 2.75) is 0 Å². The van der Waals surface area contributed by atoms with Crippen LogP contribution in [0.1, 0.15) is 10.5 Å². The highest BCUT2D eigenvalue weighted by molar-refractivity contribution is 5.97. The van der Waals surface area contributed by atoms with Crippen LogP contribution in [-0.4, -0.2) is 51.9 Å². The summed E-state index contributed by atoms with van der Waals surface area (Å²) in [6.07, 6.45) is 1.47. The Balaban J connectivity index is 2.14. The molecule has 1 N–H and O–H groups in total. The smallest absolute Gasteiger partial charge is 0.352 e. The molecule has 0 radical (unpaired) electrons. The van der Waals surface area contributed by atoms with E-state index in [0.29, 0.717) is 18.9 Å². The second-order valence-corrected chi connectivity index (χ2v) is 4.43. The average Bonchev–Trinajstić information content (AvgIpc) is 2.78. The first-order valence-electron chi connectivity index (χ1n) is 6.05. The number of anilines is 1. The molecule has 19 heavy (non-hydrogen) atoms. The van der Waals surface area contributed by atoms with Gasteiger partial charge in [0.15, 0.2) is 0 Å². The first-order valence-corrected chi connectivity index (χ1v) is 6.05. The molecule has 7 heteroatoms. The fourth-order valence-corrected chi connectivity index (χ4v) is 2.35. The molecule has 2 aromatic rings. The van der Waals surface area contributed by atoms with Crippen LogP contribution in [0, 0.1) is 0 Å². The van der Waals surface area contributed by atoms with E-state index in [1.807, 2.05) is 0 Å². The van der Waals surface area contributed by atoms with Crippen LogP contribution in [0.2, 0.25) is 0 Å². The maximum atomic E-state index is 11.2. The summed E-state index contributed by atoms with van der Waals surface area (Å²) in [6.45, 7) is 2.82. The first kappa shape index (κ1) is 11.9. The van der Waals surface area contributed by atoms with Crippen LogP contribution < -0.4 is 4.90 Å². The van der Waals surface area contributed by atoms with Gasteiger partial charge < -0.3 is 19.3 Å². The summed E-state index contributed by atoms with van der Waals surface area (Å²) < 4.78 is 6.89. The van der Waals surface area contributed by atoms with Gasteiger partial charge in [-0.25, -0.2) is 14.8 Å². The number of nitrogens with zero attached hydrogens (tertiary/aromatic N) is 4. The largest absolute Gasteiger partial charge is 0.477 e. The maximum absolute atomic E-state index is 11.2. The van der Waals surface area contributed by atoms with Crippen molar-refractivity contribution in [3.63, 3.8) is 0 Å². The molecule has 0 spiro atoms. The summed E-state index contributed by atoms with van der Waals surface area (Å²) in [5, 5.41) is 9.93. The monoisotopic (exact) mass is 262 g/mol. The molecule has 3 rings (SSSR count). The highest BCUT2D eigenvalue weighted by Gasteiger charge is 2.20. The van der Waals surface area contributed by atoms with Crippen molar-refractivity contribution in [2.24, 2.45) is 7.05 Å². The molecule has 0 aliphatic carbocycles. The SMILES string of the molecule is Cn1c(C(=O)O)cc2c(N3CCOCC3)ncnc21. The number of rotatable bonds is 2. The molecule has 0 amide bonds. The molecular formula is C12H14N4O3. The molecular weight excluding hydrogens is 248 g/mol. The normalized spacial score (nSPS) is 15.9. The highest BCUT2D eigenvalue weighted by atomic mass is 16.5. The van der Waals surface area contributed by atoms with Crippen LogP contribution in [0.5, 0.6) is 0 Å². The lowest BCUT2D eigenvalue weighted by Gasteiger charge is -2.28. The van der Waals surface area contributed by atoms with Crippen molar-refractivity contribution in [1.29, 1.82) is 0 Å². The van der Waals surface area contributed by atoms with Crippen molar-refractivity contribution < 1.29 is 14.6 Å². The van der Waals surface area contributed by atoms with E-state index in [4.69, 9.17) is 9.84 Å². The Morgan fingerprint density at radius 2 is 2.11 bits per heavy atom. The van der Waals surface area contributed by atoms with Crippen LogP contribution in [-0.2, 0) is 11.8 Å². The van der Waals surface area contributed by atoms with Gasteiger partial charge in [-0.3, -0.25) is 0 Å². The number of hydrogen-bond acceptors (Lipinski definition) is 5. The highest BCUT2D eigenvalue weighted by Crippen LogP contribution is 2.26. The number of carboxylic acid groups (broad SMARTS) is 1. The number of fused-ring (bicyclic) bond motifs is 1. The third-order valence-electron chi connectivity index (χ3n) is 3.33. The second kappa shape index (κ2) is 4.51. The van der Waals surface area contributed by atoms with Crippen molar-refractivity contribution in [3.05, 3.63) is 18.1 Å². The lowest BCUT2D eigenvalue weighted by atomic mass is 10.3. The fourth-order valence-electron chi connectivity index (χ4n) is 2.35. The number of morpholine rings is 1. The summed E-state index contributed by atoms with van der Waals surface area (Å²) in [7, 11) is 1.70. The summed E-state index contributed by atoms with van der Waals surface area (Å²) in [5.74, 6) is -0.190. The van der Waals surface area contributed by atoms with E-state index in [0.717, 1.165) is 24.3 Å². The predicted molar refractivity (Wildman–Crippen MR) is 68.5 cm³/mol. The van der Waals surface area contributed by atoms with Gasteiger partial charge in [0, 0.05) is 20.1 Å². The summed E-state index contributed by atoms with van der Waals surface area (Å²) in [6, 6.07) is 1.63. The minimum Gasteiger partial charge on any atom is -0.477 e. The van der Waals surface area contributed by atoms with Gasteiger partial charge in [-0.2, -0.15) is 0 Å². The topological polar surface area (TPSA) is 80.5 Å². The zero-order valence-electron chi connectivity index (χ0n) is 10.5. The molecule has 1 saturated heterocycles. The molecule has 100 valence electrons. The number of carboxylic acids is 1. The molecule has 1 fully saturated rings. The van der Waals surface area contributed by atoms with Gasteiger partial charge in [-0.1, -0.05) is 0 Å². The van der Waals surface area contributed by atoms with Crippen LogP contribution >= 0.6 is 0 Å². The van der Waals surface area contributed by atoms with Gasteiger partial charge in [0.2, 0.25) is 0 Å². The van der Waals surface area contributed by atoms with Gasteiger partial charge in [0.25, 0.3) is 0 Å². The minimum atomic E-state index is -0.964. The summed E-state index contributed by atoms with van der Waals surface area (Å²) in [5.41, 5.74) is 0.846. The number of carbonyl (C=O) groups is 1. The van der Waals surface area contributed by atoms with Crippen LogP contribution in [0.25, 0.3) is 11.0 Å². The zero-order chi connectivity index (χ0) is 13.4. The maximum Gasteiger partial charge on any atom is 0.352 e. The molecule has 2 aromatic heterocycles. The van der Waals surface area contributed by atoms with Crippen molar-refractivity contribution in [3.8, 4) is 0 Å². The Hall–Kier alpha value is -2.15. The zero-order valence-corrected chi connectivity index (χ0v) is 10.5. The summed E-state index contributed by atoms with van der Waals surface area (Å²) >= 11 is 0. The summed E-state index contributed by atoms with van der Waals surface area (Å²) in [4.78, 5) is 21.7. The van der Waals surface area contributed by atoms with E-state index in [9.17, 15) is 4.79 Å². The second-order valence-electron chi connectivity index (χ2n) is 4.43. The van der Waals surface area contributed by atoms with Crippen LogP contribution in [0.15, 0.2) is 12.4 Å². The van der Waals surface area contributed by atoms with Crippen molar-refractivity contribution in [2.75, 3.05) is 31.2 Å². The number of hydrogen-bond donors (Lipinski definition) is 1. The average molecular weight is 262 g/mol. The number of aromatic nitrogens is 3. The molecule has 0 atom stereocenters. The molecule has 0 bridgehead atoms. The molecule has 1 aliphatic heterocycles. The third-order valence-corrected chi connectivity index (χ3v) is 3.33. The first-order chi connectivity index (χ1) is 9.18. The Kier molecular flexibility index (Phi) is 2.83. The fraction of sp³-hybridized carbons (Fsp3) is 0.417. The molecule has 0 aromatic carbocycles. The molecule has 3 heterocycles. The van der Waals surface area contributed by atoms with Crippen LogP contribution in [0.4, 0.5) is 5.82 Å². The third kappa shape index (κ3) is 1.91. The van der Waals surface area contributed by atoms with Gasteiger partial charge in [0.1, 0.15) is 23.5 Å². The Morgan fingerprint density at radius 1 is 1.37 bits per heavy atom. The van der Waals surface area contributed by atoms with E-state index in [-0.39, 0.29) is 5.69 Å². The lowest BCUT2D eigenvalue weighted by Crippen LogP contribution is -2.36. The molecule has 7 nitrogen and oxygen atoms in total. The standard InChI is InChI=1S/C12H14N4O3/c1-15-9(12(17)18)6-8-10(15)13-7-14-11(8)16-2-4-19-5-3-16/h6-7H,2-5H2,1H3,(H,17,18). The van der Waals surface area contributed by atoms with Gasteiger partial charge in [-0.05, 0) is 6.07 Å². The Morgan fingerprint density at radius 3 is 2.79 bits per heavy atom. The quantitative estimate of drug-likeness (QED) is 0.849. The Labute approximate surface area is 109 Å². The number of ether oxygens (including phenoxy) is 1. The van der Waals surface area contributed by atoms with Gasteiger partial charge in [-0.15, -0.1) is 0 Å². The van der Waals surface area contributed by atoms with Gasteiger partial charge in [0.05, 0.1) is 18.6 Å². The number of aromatic carboxylic acids is 1. The van der Waals surface area contributed by atoms with E-state index >= 15 is 0 Å². The Bertz CT molecular complexity index is 631. The van der Waals surface area contributed by atoms with E-state index < -0.39 is 5.97 Å². The molecule has 0 saturated carbocycles. The van der Waals surface area contributed by atoms with E-state index in [2.05, 4.69) is 14.9 Å². The minimum absolute atomic E-state index is 0.213. The molecule has 0 unspecified atom stereocenters. The lowest BCUT2D eigenvalue weighted by molar-refractivity contribution is 0.0687. The predicted octanol–water partition coefficient (Wildman–Crippen LogP) is 0.503. The van der Waals surface area contributed by atoms with Crippen molar-refractivity contribution in [1.82, 2.24) is 14.5 Å². The van der Waals surface area contributed by atoms with E-state index in [1.54, 1.807) is 17.7 Å². The van der Waals surface area contributed by atoms with Crippen LogP contribution in [0.3, 0.4) is 0 Å². The van der Waals surface area contributed by atoms with Crippen molar-refractivity contribution >= 4 is 22.8 Å². The van der Waals surface area contributed by atoms with E-state index in [1.165, 1.54) is 6.33 Å².